The molecule has 1 heterocycles. The van der Waals surface area contributed by atoms with Crippen molar-refractivity contribution in [3.05, 3.63) is 26.9 Å². The maximum atomic E-state index is 12.6. The Bertz CT molecular complexity index is 400. The Kier molecular flexibility index (Phi) is 3.98. The number of hydrogen-bond acceptors (Lipinski definition) is 3. The van der Waals surface area contributed by atoms with Crippen LogP contribution in [0.25, 0.3) is 0 Å². The topological polar surface area (TPSA) is 39.2 Å². The number of halogens is 4. The Hall–Kier alpha value is -0.750. The van der Waals surface area contributed by atoms with Gasteiger partial charge in [0.1, 0.15) is 5.15 Å². The Balaban J connectivity index is 3.40. The second kappa shape index (κ2) is 4.85. The third-order valence-electron chi connectivity index (χ3n) is 1.57. The molecule has 0 aliphatic carbocycles. The lowest BCUT2D eigenvalue weighted by Crippen LogP contribution is -2.10. The molecule has 15 heavy (non-hydrogen) atoms. The van der Waals surface area contributed by atoms with Gasteiger partial charge < -0.3 is 4.74 Å². The zero-order valence-electron chi connectivity index (χ0n) is 7.43. The molecule has 0 atom stereocenters. The van der Waals surface area contributed by atoms with Crippen molar-refractivity contribution in [3.63, 3.8) is 0 Å². The van der Waals surface area contributed by atoms with Gasteiger partial charge in [0.2, 0.25) is 0 Å². The summed E-state index contributed by atoms with van der Waals surface area (Å²) < 4.78 is 29.5. The van der Waals surface area contributed by atoms with Crippen LogP contribution in [0.15, 0.2) is 10.5 Å². The van der Waals surface area contributed by atoms with E-state index in [1.165, 1.54) is 6.07 Å². The first-order chi connectivity index (χ1) is 6.97. The predicted octanol–water partition coefficient (Wildman–Crippen LogP) is 3.22. The highest BCUT2D eigenvalue weighted by molar-refractivity contribution is 9.10. The van der Waals surface area contributed by atoms with E-state index >= 15 is 0 Å². The third kappa shape index (κ3) is 2.63. The molecule has 1 aromatic heterocycles. The lowest BCUT2D eigenvalue weighted by molar-refractivity contribution is 0.0581. The summed E-state index contributed by atoms with van der Waals surface area (Å²) in [7, 11) is 1.08. The van der Waals surface area contributed by atoms with Crippen LogP contribution in [-0.4, -0.2) is 18.1 Å². The van der Waals surface area contributed by atoms with Crippen molar-refractivity contribution < 1.29 is 18.3 Å². The zero-order chi connectivity index (χ0) is 11.6. The van der Waals surface area contributed by atoms with E-state index in [0.29, 0.717) is 0 Å². The van der Waals surface area contributed by atoms with Gasteiger partial charge in [-0.25, -0.2) is 18.6 Å². The van der Waals surface area contributed by atoms with E-state index in [0.717, 1.165) is 7.11 Å². The molecule has 82 valence electrons. The predicted molar refractivity (Wildman–Crippen MR) is 53.2 cm³/mol. The molecule has 0 spiro atoms. The number of methoxy groups -OCH3 is 1. The average Bonchev–Trinajstić information content (AvgIpc) is 2.14. The van der Waals surface area contributed by atoms with E-state index in [1.807, 2.05) is 0 Å². The molecule has 0 radical (unpaired) electrons. The van der Waals surface area contributed by atoms with E-state index in [-0.39, 0.29) is 9.63 Å². The number of rotatable bonds is 2. The molecular formula is C8H5BrClF2NO2. The van der Waals surface area contributed by atoms with Gasteiger partial charge in [-0.3, -0.25) is 0 Å². The second-order valence-electron chi connectivity index (χ2n) is 2.48. The van der Waals surface area contributed by atoms with Gasteiger partial charge in [0, 0.05) is 4.47 Å². The van der Waals surface area contributed by atoms with Crippen molar-refractivity contribution in [2.24, 2.45) is 0 Å². The Morgan fingerprint density at radius 3 is 2.73 bits per heavy atom. The van der Waals surface area contributed by atoms with Gasteiger partial charge in [0.25, 0.3) is 6.43 Å². The van der Waals surface area contributed by atoms with Crippen LogP contribution in [0, 0.1) is 0 Å². The van der Waals surface area contributed by atoms with Crippen molar-refractivity contribution in [2.75, 3.05) is 7.11 Å². The first kappa shape index (κ1) is 12.3. The summed E-state index contributed by atoms with van der Waals surface area (Å²) in [5, 5.41) is -0.0633. The molecule has 0 saturated heterocycles. The quantitative estimate of drug-likeness (QED) is 0.622. The summed E-state index contributed by atoms with van der Waals surface area (Å²) in [5.74, 6) is -0.950. The fourth-order valence-electron chi connectivity index (χ4n) is 0.955. The number of carbonyl (C=O) groups is 1. The van der Waals surface area contributed by atoms with Crippen LogP contribution < -0.4 is 0 Å². The summed E-state index contributed by atoms with van der Waals surface area (Å²) in [6.45, 7) is 0. The molecule has 0 saturated carbocycles. The molecule has 0 aromatic carbocycles. The number of pyridine rings is 1. The molecular weight excluding hydrogens is 295 g/mol. The summed E-state index contributed by atoms with van der Waals surface area (Å²) in [6.07, 6.45) is -2.83. The summed E-state index contributed by atoms with van der Waals surface area (Å²) >= 11 is 8.42. The Morgan fingerprint density at radius 1 is 1.67 bits per heavy atom. The molecule has 0 N–H and O–H groups in total. The van der Waals surface area contributed by atoms with E-state index in [2.05, 4.69) is 25.7 Å². The summed E-state index contributed by atoms with van der Waals surface area (Å²) in [4.78, 5) is 14.7. The highest BCUT2D eigenvalue weighted by Crippen LogP contribution is 2.31. The molecule has 0 unspecified atom stereocenters. The lowest BCUT2D eigenvalue weighted by atomic mass is 10.2. The van der Waals surface area contributed by atoms with E-state index in [4.69, 9.17) is 11.6 Å². The van der Waals surface area contributed by atoms with Crippen LogP contribution in [0.3, 0.4) is 0 Å². The first-order valence-electron chi connectivity index (χ1n) is 3.69. The average molecular weight is 300 g/mol. The third-order valence-corrected chi connectivity index (χ3v) is 2.42. The van der Waals surface area contributed by atoms with Crippen molar-refractivity contribution in [1.82, 2.24) is 4.98 Å². The maximum absolute atomic E-state index is 12.6. The highest BCUT2D eigenvalue weighted by atomic mass is 79.9. The fourth-order valence-corrected chi connectivity index (χ4v) is 1.86. The molecule has 3 nitrogen and oxygen atoms in total. The van der Waals surface area contributed by atoms with Crippen LogP contribution in [0.2, 0.25) is 5.15 Å². The van der Waals surface area contributed by atoms with E-state index < -0.39 is 23.7 Å². The summed E-state index contributed by atoms with van der Waals surface area (Å²) in [5.41, 5.74) is -1.00. The second-order valence-corrected chi connectivity index (χ2v) is 3.72. The van der Waals surface area contributed by atoms with Crippen LogP contribution >= 0.6 is 27.5 Å². The van der Waals surface area contributed by atoms with Crippen molar-refractivity contribution in [2.45, 2.75) is 6.43 Å². The van der Waals surface area contributed by atoms with Crippen molar-refractivity contribution >= 4 is 33.5 Å². The van der Waals surface area contributed by atoms with Crippen molar-refractivity contribution in [1.29, 1.82) is 0 Å². The largest absolute Gasteiger partial charge is 0.464 e. The molecule has 0 bridgehead atoms. The number of alkyl halides is 2. The molecule has 0 aliphatic heterocycles. The van der Waals surface area contributed by atoms with E-state index in [1.54, 1.807) is 0 Å². The van der Waals surface area contributed by atoms with Gasteiger partial charge in [-0.1, -0.05) is 27.5 Å². The number of ether oxygens (including phenoxy) is 1. The maximum Gasteiger partial charge on any atom is 0.357 e. The minimum absolute atomic E-state index is 0.0258. The normalized spacial score (nSPS) is 10.5. The molecule has 0 aliphatic rings. The Labute approximate surface area is 97.5 Å². The van der Waals surface area contributed by atoms with Crippen LogP contribution in [0.4, 0.5) is 8.78 Å². The number of aromatic nitrogens is 1. The molecule has 1 rings (SSSR count). The lowest BCUT2D eigenvalue weighted by Gasteiger charge is -2.08. The van der Waals surface area contributed by atoms with Crippen molar-refractivity contribution in [3.8, 4) is 0 Å². The standard InChI is InChI=1S/C8H5BrClF2NO2/c1-15-8(14)6-5(7(11)12)3(9)2-4(10)13-6/h2,7H,1H3. The number of carbonyl (C=O) groups excluding carboxylic acids is 1. The zero-order valence-corrected chi connectivity index (χ0v) is 9.77. The number of nitrogens with zero attached hydrogens (tertiary/aromatic N) is 1. The smallest absolute Gasteiger partial charge is 0.357 e. The minimum atomic E-state index is -2.83. The SMILES string of the molecule is COC(=O)c1nc(Cl)cc(Br)c1C(F)F. The van der Waals surface area contributed by atoms with Gasteiger partial charge in [-0.15, -0.1) is 0 Å². The van der Waals surface area contributed by atoms with Gasteiger partial charge in [0.05, 0.1) is 12.7 Å². The number of hydrogen-bond donors (Lipinski definition) is 0. The molecule has 0 fully saturated rings. The van der Waals surface area contributed by atoms with Gasteiger partial charge >= 0.3 is 5.97 Å². The molecule has 0 amide bonds. The number of esters is 1. The fraction of sp³-hybridized carbons (Fsp3) is 0.250. The van der Waals surface area contributed by atoms with Crippen LogP contribution in [0.1, 0.15) is 22.5 Å². The first-order valence-corrected chi connectivity index (χ1v) is 4.87. The van der Waals surface area contributed by atoms with Gasteiger partial charge in [0.15, 0.2) is 5.69 Å². The van der Waals surface area contributed by atoms with Crippen LogP contribution in [-0.2, 0) is 4.74 Å². The van der Waals surface area contributed by atoms with Gasteiger partial charge in [-0.05, 0) is 6.07 Å². The summed E-state index contributed by atoms with van der Waals surface area (Å²) in [6, 6.07) is 1.19. The minimum Gasteiger partial charge on any atom is -0.464 e. The monoisotopic (exact) mass is 299 g/mol. The highest BCUT2D eigenvalue weighted by Gasteiger charge is 2.24. The van der Waals surface area contributed by atoms with Crippen LogP contribution in [0.5, 0.6) is 0 Å². The van der Waals surface area contributed by atoms with Gasteiger partial charge in [-0.2, -0.15) is 0 Å². The molecule has 1 aromatic rings. The Morgan fingerprint density at radius 2 is 2.27 bits per heavy atom. The molecule has 7 heteroatoms. The van der Waals surface area contributed by atoms with E-state index in [9.17, 15) is 13.6 Å².